The van der Waals surface area contributed by atoms with E-state index in [2.05, 4.69) is 13.2 Å². The lowest BCUT2D eigenvalue weighted by Crippen LogP contribution is -2.22. The number of esters is 2. The smallest absolute Gasteiger partial charge is 0.462 e. The summed E-state index contributed by atoms with van der Waals surface area (Å²) >= 11 is 0. The van der Waals surface area contributed by atoms with E-state index in [0.717, 1.165) is 0 Å². The number of carbonyl (C=O) groups excluding carboxylic acids is 3. The van der Waals surface area contributed by atoms with Crippen molar-refractivity contribution in [1.29, 1.82) is 0 Å². The molecule has 0 aliphatic carbocycles. The van der Waals surface area contributed by atoms with Crippen LogP contribution in [0.15, 0.2) is 24.3 Å². The largest absolute Gasteiger partial charge is 0.508 e. The topological polar surface area (TPSA) is 88.1 Å². The van der Waals surface area contributed by atoms with Crippen molar-refractivity contribution in [3.63, 3.8) is 0 Å². The highest BCUT2D eigenvalue weighted by molar-refractivity contribution is 5.87. The molecule has 0 aliphatic rings. The lowest BCUT2D eigenvalue weighted by molar-refractivity contribution is -0.141. The summed E-state index contributed by atoms with van der Waals surface area (Å²) in [6.45, 7) is 13.9. The molecule has 0 radical (unpaired) electrons. The first-order valence-corrected chi connectivity index (χ1v) is 7.58. The average Bonchev–Trinajstić information content (AvgIpc) is 2.52. The van der Waals surface area contributed by atoms with Crippen LogP contribution in [0.25, 0.3) is 0 Å². The molecule has 0 amide bonds. The van der Waals surface area contributed by atoms with Crippen molar-refractivity contribution in [2.45, 2.75) is 27.7 Å². The molecule has 7 nitrogen and oxygen atoms in total. The summed E-state index contributed by atoms with van der Waals surface area (Å²) in [6, 6.07) is 0. The average molecular weight is 342 g/mol. The molecule has 0 aromatic heterocycles. The summed E-state index contributed by atoms with van der Waals surface area (Å²) in [5.74, 6) is -1.31. The Labute approximate surface area is 142 Å². The van der Waals surface area contributed by atoms with E-state index < -0.39 is 18.1 Å². The molecule has 0 saturated heterocycles. The van der Waals surface area contributed by atoms with Crippen LogP contribution in [0.5, 0.6) is 0 Å². The van der Waals surface area contributed by atoms with Gasteiger partial charge >= 0.3 is 18.1 Å². The van der Waals surface area contributed by atoms with Crippen LogP contribution in [0.2, 0.25) is 0 Å². The zero-order valence-corrected chi connectivity index (χ0v) is 14.8. The fraction of sp³-hybridized carbons (Fsp3) is 0.588. The summed E-state index contributed by atoms with van der Waals surface area (Å²) in [6.07, 6.45) is -0.828. The van der Waals surface area contributed by atoms with E-state index in [9.17, 15) is 14.4 Å². The Kier molecular flexibility index (Phi) is 10.2. The summed E-state index contributed by atoms with van der Waals surface area (Å²) in [4.78, 5) is 33.9. The predicted molar refractivity (Wildman–Crippen MR) is 87.2 cm³/mol. The molecule has 24 heavy (non-hydrogen) atoms. The molecule has 0 heterocycles. The molecule has 0 fully saturated rings. The number of hydrogen-bond donors (Lipinski definition) is 0. The van der Waals surface area contributed by atoms with Gasteiger partial charge in [-0.05, 0) is 13.8 Å². The van der Waals surface area contributed by atoms with Gasteiger partial charge in [-0.2, -0.15) is 0 Å². The van der Waals surface area contributed by atoms with Gasteiger partial charge < -0.3 is 18.9 Å². The fourth-order valence-electron chi connectivity index (χ4n) is 1.24. The molecule has 0 aromatic carbocycles. The standard InChI is InChI=1S/C17H26O7/c1-11(2)15(18)21-7-13(5)9-23-17(20)24-10-14(6)8-22-16(19)12(3)4/h13-14H,1,3,7-10H2,2,4-6H3. The van der Waals surface area contributed by atoms with Crippen molar-refractivity contribution < 1.29 is 33.3 Å². The third-order valence-electron chi connectivity index (χ3n) is 2.67. The molecule has 7 heteroatoms. The van der Waals surface area contributed by atoms with E-state index in [-0.39, 0.29) is 38.3 Å². The van der Waals surface area contributed by atoms with Gasteiger partial charge in [0.25, 0.3) is 0 Å². The number of rotatable bonds is 10. The first-order chi connectivity index (χ1) is 11.1. The van der Waals surface area contributed by atoms with Crippen molar-refractivity contribution in [1.82, 2.24) is 0 Å². The molecular weight excluding hydrogens is 316 g/mol. The molecule has 0 aliphatic heterocycles. The number of hydrogen-bond acceptors (Lipinski definition) is 7. The van der Waals surface area contributed by atoms with E-state index in [4.69, 9.17) is 18.9 Å². The Morgan fingerprint density at radius 2 is 1.00 bits per heavy atom. The van der Waals surface area contributed by atoms with Crippen LogP contribution in [-0.2, 0) is 28.5 Å². The normalized spacial score (nSPS) is 12.5. The second-order valence-electron chi connectivity index (χ2n) is 5.84. The van der Waals surface area contributed by atoms with Crippen molar-refractivity contribution in [3.8, 4) is 0 Å². The van der Waals surface area contributed by atoms with Gasteiger partial charge in [-0.1, -0.05) is 27.0 Å². The zero-order chi connectivity index (χ0) is 18.7. The van der Waals surface area contributed by atoms with E-state index in [1.54, 1.807) is 27.7 Å². The minimum Gasteiger partial charge on any atom is -0.462 e. The quantitative estimate of drug-likeness (QED) is 0.342. The van der Waals surface area contributed by atoms with Crippen molar-refractivity contribution in [2.75, 3.05) is 26.4 Å². The van der Waals surface area contributed by atoms with Gasteiger partial charge in [0, 0.05) is 23.0 Å². The third-order valence-corrected chi connectivity index (χ3v) is 2.67. The van der Waals surface area contributed by atoms with Crippen LogP contribution in [0.4, 0.5) is 4.79 Å². The summed E-state index contributed by atoms with van der Waals surface area (Å²) in [5.41, 5.74) is 0.618. The molecule has 136 valence electrons. The SMILES string of the molecule is C=C(C)C(=O)OCC(C)COC(=O)OCC(C)COC(=O)C(=C)C. The van der Waals surface area contributed by atoms with Gasteiger partial charge in [-0.25, -0.2) is 14.4 Å². The van der Waals surface area contributed by atoms with Crippen molar-refractivity contribution in [2.24, 2.45) is 11.8 Å². The highest BCUT2D eigenvalue weighted by Gasteiger charge is 2.14. The molecule has 0 aromatic rings. The number of carbonyl (C=O) groups is 3. The van der Waals surface area contributed by atoms with E-state index in [1.165, 1.54) is 0 Å². The lowest BCUT2D eigenvalue weighted by Gasteiger charge is -2.14. The van der Waals surface area contributed by atoms with Gasteiger partial charge in [-0.3, -0.25) is 0 Å². The van der Waals surface area contributed by atoms with Gasteiger partial charge in [0.2, 0.25) is 0 Å². The monoisotopic (exact) mass is 342 g/mol. The summed E-state index contributed by atoms with van der Waals surface area (Å²) in [7, 11) is 0. The fourth-order valence-corrected chi connectivity index (χ4v) is 1.24. The first-order valence-electron chi connectivity index (χ1n) is 7.58. The number of ether oxygens (including phenoxy) is 4. The van der Waals surface area contributed by atoms with E-state index >= 15 is 0 Å². The van der Waals surface area contributed by atoms with Crippen LogP contribution in [0.1, 0.15) is 27.7 Å². The van der Waals surface area contributed by atoms with Gasteiger partial charge in [0.15, 0.2) is 0 Å². The highest BCUT2D eigenvalue weighted by Crippen LogP contribution is 2.04. The van der Waals surface area contributed by atoms with Gasteiger partial charge in [0.05, 0.1) is 13.2 Å². The molecule has 2 atom stereocenters. The van der Waals surface area contributed by atoms with Crippen LogP contribution in [0, 0.1) is 11.8 Å². The van der Waals surface area contributed by atoms with Gasteiger partial charge in [-0.15, -0.1) is 0 Å². The molecule has 0 rings (SSSR count). The van der Waals surface area contributed by atoms with Gasteiger partial charge in [0.1, 0.15) is 13.2 Å². The molecule has 0 N–H and O–H groups in total. The van der Waals surface area contributed by atoms with E-state index in [1.807, 2.05) is 0 Å². The molecule has 0 spiro atoms. The maximum atomic E-state index is 11.5. The Morgan fingerprint density at radius 3 is 1.29 bits per heavy atom. The Morgan fingerprint density at radius 1 is 0.708 bits per heavy atom. The Hall–Kier alpha value is -2.31. The third kappa shape index (κ3) is 10.4. The molecule has 2 unspecified atom stereocenters. The molecular formula is C17H26O7. The molecule has 0 saturated carbocycles. The first kappa shape index (κ1) is 21.7. The Balaban J connectivity index is 3.85. The van der Waals surface area contributed by atoms with Crippen molar-refractivity contribution >= 4 is 18.1 Å². The Bertz CT molecular complexity index is 439. The van der Waals surface area contributed by atoms with Crippen molar-refractivity contribution in [3.05, 3.63) is 24.3 Å². The highest BCUT2D eigenvalue weighted by atomic mass is 16.7. The van der Waals surface area contributed by atoms with Crippen LogP contribution >= 0.6 is 0 Å². The second kappa shape index (κ2) is 11.3. The predicted octanol–water partition coefficient (Wildman–Crippen LogP) is 2.65. The minimum absolute atomic E-state index is 0.0569. The van der Waals surface area contributed by atoms with E-state index in [0.29, 0.717) is 11.1 Å². The summed E-state index contributed by atoms with van der Waals surface area (Å²) in [5, 5.41) is 0. The maximum Gasteiger partial charge on any atom is 0.508 e. The second-order valence-corrected chi connectivity index (χ2v) is 5.84. The van der Waals surface area contributed by atoms with Crippen LogP contribution in [-0.4, -0.2) is 44.5 Å². The lowest BCUT2D eigenvalue weighted by atomic mass is 10.2. The van der Waals surface area contributed by atoms with Crippen LogP contribution < -0.4 is 0 Å². The zero-order valence-electron chi connectivity index (χ0n) is 14.8. The van der Waals surface area contributed by atoms with Crippen LogP contribution in [0.3, 0.4) is 0 Å². The molecule has 0 bridgehead atoms. The minimum atomic E-state index is -0.828. The maximum absolute atomic E-state index is 11.5. The summed E-state index contributed by atoms with van der Waals surface area (Å²) < 4.78 is 19.7.